The fourth-order valence-electron chi connectivity index (χ4n) is 3.88. The monoisotopic (exact) mass is 1120 g/mol. The minimum atomic E-state index is -1.18. The number of nitrogens with one attached hydrogen (secondary N) is 4. The molecule has 0 aliphatic carbocycles. The first-order valence-electron chi connectivity index (χ1n) is 14.5. The van der Waals surface area contributed by atoms with Gasteiger partial charge in [0, 0.05) is 26.7 Å². The first-order chi connectivity index (χ1) is 22.4. The first kappa shape index (κ1) is 42.5. The zero-order valence-corrected chi connectivity index (χ0v) is 35.3. The molecule has 18 heteroatoms. The van der Waals surface area contributed by atoms with Gasteiger partial charge in [-0.05, 0) is 154 Å². The number of carbonyl (C=O) groups is 3. The molecule has 2 aromatic rings. The number of aliphatic hydroxyl groups excluding tert-OH is 1. The van der Waals surface area contributed by atoms with Crippen LogP contribution < -0.4 is 31.2 Å². The number of carboxylic acid groups (broad SMARTS) is 1. The molecule has 266 valence electrons. The Labute approximate surface area is 333 Å². The molecular formula is C30H39I4N5O9. The Morgan fingerprint density at radius 2 is 1.54 bits per heavy atom. The number of hydrogen-bond donors (Lipinski definition) is 7. The summed E-state index contributed by atoms with van der Waals surface area (Å²) in [6, 6.07) is 5.30. The molecule has 0 aliphatic rings. The molecule has 3 unspecified atom stereocenters. The van der Waals surface area contributed by atoms with Gasteiger partial charge in [0.25, 0.3) is 0 Å². The van der Waals surface area contributed by atoms with Crippen molar-refractivity contribution in [2.75, 3.05) is 26.8 Å². The Morgan fingerprint density at radius 3 is 2.06 bits per heavy atom. The fraction of sp³-hybridized carbons (Fsp3) is 0.467. The Hall–Kier alpha value is -1.64. The van der Waals surface area contributed by atoms with Crippen LogP contribution in [0.1, 0.15) is 39.2 Å². The number of rotatable bonds is 16. The van der Waals surface area contributed by atoms with Crippen molar-refractivity contribution in [2.45, 2.75) is 63.8 Å². The van der Waals surface area contributed by atoms with Crippen molar-refractivity contribution in [3.63, 3.8) is 0 Å². The van der Waals surface area contributed by atoms with Crippen molar-refractivity contribution in [1.29, 1.82) is 5.41 Å². The van der Waals surface area contributed by atoms with Crippen molar-refractivity contribution >= 4 is 114 Å². The van der Waals surface area contributed by atoms with Gasteiger partial charge in [-0.25, -0.2) is 9.59 Å². The number of aliphatic hydroxyl groups is 1. The third-order valence-corrected chi connectivity index (χ3v) is 9.68. The minimum Gasteiger partial charge on any atom is -0.489 e. The summed E-state index contributed by atoms with van der Waals surface area (Å²) >= 11 is 8.48. The number of benzene rings is 2. The van der Waals surface area contributed by atoms with Gasteiger partial charge in [-0.1, -0.05) is 0 Å². The van der Waals surface area contributed by atoms with Crippen LogP contribution in [0.25, 0.3) is 0 Å². The van der Waals surface area contributed by atoms with Gasteiger partial charge in [-0.15, -0.1) is 0 Å². The normalized spacial score (nSPS) is 13.0. The van der Waals surface area contributed by atoms with Crippen LogP contribution in [0.5, 0.6) is 17.2 Å². The van der Waals surface area contributed by atoms with Gasteiger partial charge in [0.2, 0.25) is 0 Å². The summed E-state index contributed by atoms with van der Waals surface area (Å²) in [5.41, 5.74) is 5.68. The van der Waals surface area contributed by atoms with E-state index in [9.17, 15) is 24.6 Å². The van der Waals surface area contributed by atoms with E-state index >= 15 is 0 Å². The number of guanidine groups is 1. The maximum absolute atomic E-state index is 12.2. The second-order valence-electron chi connectivity index (χ2n) is 11.3. The zero-order valence-electron chi connectivity index (χ0n) is 26.6. The van der Waals surface area contributed by atoms with Crippen LogP contribution in [0.4, 0.5) is 4.79 Å². The highest BCUT2D eigenvalue weighted by Gasteiger charge is 2.26. The molecule has 1 amide bonds. The van der Waals surface area contributed by atoms with Crippen LogP contribution >= 0.6 is 90.4 Å². The van der Waals surface area contributed by atoms with Gasteiger partial charge in [0.1, 0.15) is 47.6 Å². The Kier molecular flexibility index (Phi) is 18.0. The lowest BCUT2D eigenvalue weighted by atomic mass is 10.1. The largest absolute Gasteiger partial charge is 0.489 e. The standard InChI is InChI=1S/C30H39I4N5O9/c1-30(2,3)48-29(44)39-24(26(41)42)12-18-19(31)8-16(9-20(18)32)47-17-10-21(33)25(22(34)11-17)46-14-15(40)13-38-28(36)37-7-5-6-23(35)27(43)45-4/h8-11,15,23-24,40H,5-7,12-14,35H2,1-4H3,(H,39,44)(H,41,42)(H3,36,37,38). The maximum Gasteiger partial charge on any atom is 0.408 e. The van der Waals surface area contributed by atoms with E-state index in [2.05, 4.69) is 111 Å². The number of esters is 1. The summed E-state index contributed by atoms with van der Waals surface area (Å²) in [7, 11) is 1.28. The summed E-state index contributed by atoms with van der Waals surface area (Å²) < 4.78 is 24.9. The van der Waals surface area contributed by atoms with Crippen molar-refractivity contribution in [1.82, 2.24) is 16.0 Å². The summed E-state index contributed by atoms with van der Waals surface area (Å²) in [5, 5.41) is 36.2. The average molecular weight is 1120 g/mol. The Balaban J connectivity index is 1.94. The van der Waals surface area contributed by atoms with Crippen molar-refractivity contribution in [3.05, 3.63) is 44.1 Å². The lowest BCUT2D eigenvalue weighted by Gasteiger charge is -2.22. The lowest BCUT2D eigenvalue weighted by Crippen LogP contribution is -2.44. The van der Waals surface area contributed by atoms with Crippen LogP contribution in [0, 0.1) is 19.7 Å². The van der Waals surface area contributed by atoms with Gasteiger partial charge < -0.3 is 50.8 Å². The average Bonchev–Trinajstić information content (AvgIpc) is 2.97. The van der Waals surface area contributed by atoms with Gasteiger partial charge >= 0.3 is 18.0 Å². The molecule has 0 aromatic heterocycles. The summed E-state index contributed by atoms with van der Waals surface area (Å²) in [4.78, 5) is 35.5. The first-order valence-corrected chi connectivity index (χ1v) is 18.8. The lowest BCUT2D eigenvalue weighted by molar-refractivity contribution is -0.142. The topological polar surface area (TPSA) is 215 Å². The highest BCUT2D eigenvalue weighted by molar-refractivity contribution is 14.1. The van der Waals surface area contributed by atoms with Crippen LogP contribution in [0.2, 0.25) is 0 Å². The minimum absolute atomic E-state index is 0.0154. The predicted molar refractivity (Wildman–Crippen MR) is 213 cm³/mol. The predicted octanol–water partition coefficient (Wildman–Crippen LogP) is 4.55. The molecule has 0 radical (unpaired) electrons. The van der Waals surface area contributed by atoms with E-state index in [4.69, 9.17) is 25.4 Å². The summed E-state index contributed by atoms with van der Waals surface area (Å²) in [6.07, 6.45) is -0.663. The highest BCUT2D eigenvalue weighted by atomic mass is 127. The van der Waals surface area contributed by atoms with Gasteiger partial charge in [-0.2, -0.15) is 0 Å². The third-order valence-electron chi connectivity index (χ3n) is 6.15. The van der Waals surface area contributed by atoms with E-state index < -0.39 is 41.8 Å². The van der Waals surface area contributed by atoms with E-state index in [0.717, 1.165) is 19.8 Å². The molecule has 0 saturated heterocycles. The summed E-state index contributed by atoms with van der Waals surface area (Å²) in [6.45, 7) is 5.60. The molecule has 8 N–H and O–H groups in total. The maximum atomic E-state index is 12.2. The number of alkyl carbamates (subject to hydrolysis) is 1. The number of halogens is 4. The molecule has 2 rings (SSSR count). The van der Waals surface area contributed by atoms with E-state index in [-0.39, 0.29) is 25.5 Å². The van der Waals surface area contributed by atoms with Gasteiger partial charge in [-0.3, -0.25) is 10.2 Å². The van der Waals surface area contributed by atoms with E-state index in [1.165, 1.54) is 7.11 Å². The molecule has 48 heavy (non-hydrogen) atoms. The second kappa shape index (κ2) is 20.3. The number of carbonyl (C=O) groups excluding carboxylic acids is 2. The number of methoxy groups -OCH3 is 1. The molecule has 0 spiro atoms. The molecule has 0 heterocycles. The quantitative estimate of drug-likeness (QED) is 0.0406. The van der Waals surface area contributed by atoms with Crippen LogP contribution in [-0.4, -0.2) is 84.8 Å². The second-order valence-corrected chi connectivity index (χ2v) is 16.0. The molecule has 0 bridgehead atoms. The number of hydrogen-bond acceptors (Lipinski definition) is 10. The van der Waals surface area contributed by atoms with Gasteiger partial charge in [0.05, 0.1) is 14.3 Å². The molecule has 14 nitrogen and oxygen atoms in total. The van der Waals surface area contributed by atoms with E-state index in [1.807, 2.05) is 0 Å². The molecular weight excluding hydrogens is 1080 g/mol. The fourth-order valence-corrected chi connectivity index (χ4v) is 8.06. The molecule has 2 aromatic carbocycles. The number of aliphatic carboxylic acids is 1. The zero-order chi connectivity index (χ0) is 36.2. The number of nitrogens with two attached hydrogens (primary N) is 1. The highest BCUT2D eigenvalue weighted by Crippen LogP contribution is 2.35. The smallest absolute Gasteiger partial charge is 0.408 e. The number of carboxylic acids is 1. The van der Waals surface area contributed by atoms with Crippen LogP contribution in [0.15, 0.2) is 24.3 Å². The van der Waals surface area contributed by atoms with Gasteiger partial charge in [0.15, 0.2) is 5.96 Å². The van der Waals surface area contributed by atoms with Crippen molar-refractivity contribution < 1.29 is 43.5 Å². The molecule has 3 atom stereocenters. The number of amides is 1. The van der Waals surface area contributed by atoms with E-state index in [0.29, 0.717) is 36.6 Å². The van der Waals surface area contributed by atoms with Crippen molar-refractivity contribution in [2.24, 2.45) is 5.73 Å². The Bertz CT molecular complexity index is 1410. The third kappa shape index (κ3) is 15.1. The SMILES string of the molecule is COC(=O)C(N)CCCNC(=N)NCC(O)COc1c(I)cc(Oc2cc(I)c(CC(NC(=O)OC(C)(C)C)C(=O)O)c(I)c2)cc1I. The number of ether oxygens (including phenoxy) is 4. The van der Waals surface area contributed by atoms with Crippen molar-refractivity contribution in [3.8, 4) is 17.2 Å². The van der Waals surface area contributed by atoms with Crippen LogP contribution in [0.3, 0.4) is 0 Å². The molecule has 0 fully saturated rings. The Morgan fingerprint density at radius 1 is 0.979 bits per heavy atom. The van der Waals surface area contributed by atoms with Crippen LogP contribution in [-0.2, 0) is 25.5 Å². The van der Waals surface area contributed by atoms with E-state index in [1.54, 1.807) is 45.0 Å². The summed E-state index contributed by atoms with van der Waals surface area (Å²) in [5.74, 6) is 0.0572. The molecule has 0 aliphatic heterocycles. The molecule has 0 saturated carbocycles.